The first-order valence-corrected chi connectivity index (χ1v) is 15.8. The first-order chi connectivity index (χ1) is 21.2. The third kappa shape index (κ3) is 7.38. The van der Waals surface area contributed by atoms with Crippen molar-refractivity contribution in [3.8, 4) is 5.75 Å². The molecule has 0 bridgehead atoms. The molecule has 3 aliphatic rings. The molecule has 2 atom stereocenters. The van der Waals surface area contributed by atoms with Gasteiger partial charge in [-0.1, -0.05) is 19.3 Å². The summed E-state index contributed by atoms with van der Waals surface area (Å²) in [5, 5.41) is 7.56. The van der Waals surface area contributed by atoms with Gasteiger partial charge in [-0.15, -0.1) is 0 Å². The Balaban J connectivity index is 1.39. The van der Waals surface area contributed by atoms with Gasteiger partial charge in [0.05, 0.1) is 13.1 Å². The lowest BCUT2D eigenvalue weighted by molar-refractivity contribution is -0.638. The van der Waals surface area contributed by atoms with E-state index in [0.29, 0.717) is 18.0 Å². The average molecular weight is 609 g/mol. The van der Waals surface area contributed by atoms with Crippen molar-refractivity contribution in [1.82, 2.24) is 15.1 Å². The molecular formula is C33H43FN5O5+. The van der Waals surface area contributed by atoms with E-state index in [0.717, 1.165) is 68.6 Å². The van der Waals surface area contributed by atoms with Gasteiger partial charge in [-0.2, -0.15) is 0 Å². The number of halogens is 1. The summed E-state index contributed by atoms with van der Waals surface area (Å²) < 4.78 is 20.8. The Morgan fingerprint density at radius 3 is 2.48 bits per heavy atom. The number of benzene rings is 2. The van der Waals surface area contributed by atoms with Gasteiger partial charge in [0.1, 0.15) is 24.2 Å². The number of carbonyl (C=O) groups is 4. The SMILES string of the molecule is CCNC(=O)C1CN(C(=O)c2cc(F)cc(NC(C)=O)c2)CCN1C(=O)c1ccc(O[C@H]2CC[NH2+]C2)c(C2CCCCC2)c1. The van der Waals surface area contributed by atoms with E-state index >= 15 is 0 Å². The van der Waals surface area contributed by atoms with Crippen LogP contribution in [0.1, 0.15) is 84.6 Å². The molecule has 2 saturated heterocycles. The highest BCUT2D eigenvalue weighted by Gasteiger charge is 2.38. The fourth-order valence-corrected chi connectivity index (χ4v) is 6.60. The van der Waals surface area contributed by atoms with E-state index < -0.39 is 17.8 Å². The number of anilines is 1. The largest absolute Gasteiger partial charge is 0.484 e. The smallest absolute Gasteiger partial charge is 0.254 e. The van der Waals surface area contributed by atoms with E-state index in [4.69, 9.17) is 4.74 Å². The second kappa shape index (κ2) is 14.2. The van der Waals surface area contributed by atoms with Gasteiger partial charge in [-0.05, 0) is 67.6 Å². The van der Waals surface area contributed by atoms with Crippen LogP contribution in [0.4, 0.5) is 10.1 Å². The molecule has 1 aliphatic carbocycles. The Kier molecular flexibility index (Phi) is 10.1. The normalized spacial score (nSPS) is 20.7. The number of nitrogens with zero attached hydrogens (tertiary/aromatic N) is 2. The third-order valence-corrected chi connectivity index (χ3v) is 8.76. The summed E-state index contributed by atoms with van der Waals surface area (Å²) in [5.41, 5.74) is 1.78. The Hall–Kier alpha value is -3.99. The van der Waals surface area contributed by atoms with Crippen LogP contribution in [0.25, 0.3) is 0 Å². The standard InChI is InChI=1S/C33H42FN5O5/c1-3-36-31(41)29-20-38(32(42)24-15-25(34)18-26(16-24)37-21(2)40)13-14-39(29)33(43)23-9-10-30(44-27-11-12-35-19-27)28(17-23)22-7-5-4-6-8-22/h9-10,15-18,22,27,29,35H,3-8,11-14,19-20H2,1-2H3,(H,36,41)(H,37,40)/p+1/t27-,29?/m0/s1. The molecular weight excluding hydrogens is 565 g/mol. The maximum absolute atomic E-state index is 14.3. The summed E-state index contributed by atoms with van der Waals surface area (Å²) in [4.78, 5) is 55.3. The molecule has 4 amide bonds. The number of likely N-dealkylation sites (N-methyl/N-ethyl adjacent to an activating group) is 1. The molecule has 0 aromatic heterocycles. The quantitative estimate of drug-likeness (QED) is 0.425. The highest BCUT2D eigenvalue weighted by Crippen LogP contribution is 2.39. The average Bonchev–Trinajstić information content (AvgIpc) is 3.53. The van der Waals surface area contributed by atoms with Crippen molar-refractivity contribution in [2.24, 2.45) is 0 Å². The summed E-state index contributed by atoms with van der Waals surface area (Å²) in [6.45, 7) is 5.69. The third-order valence-electron chi connectivity index (χ3n) is 8.76. The summed E-state index contributed by atoms with van der Waals surface area (Å²) >= 11 is 0. The minimum Gasteiger partial charge on any atom is -0.484 e. The number of rotatable bonds is 8. The molecule has 4 N–H and O–H groups in total. The summed E-state index contributed by atoms with van der Waals surface area (Å²) in [5.74, 6) is -1.01. The molecule has 2 aliphatic heterocycles. The van der Waals surface area contributed by atoms with Crippen molar-refractivity contribution >= 4 is 29.3 Å². The first kappa shape index (κ1) is 31.4. The lowest BCUT2D eigenvalue weighted by Crippen LogP contribution is -2.81. The number of nitrogens with one attached hydrogen (secondary N) is 2. The lowest BCUT2D eigenvalue weighted by Gasteiger charge is -2.40. The molecule has 3 fully saturated rings. The van der Waals surface area contributed by atoms with Crippen LogP contribution >= 0.6 is 0 Å². The fourth-order valence-electron chi connectivity index (χ4n) is 6.60. The predicted octanol–water partition coefficient (Wildman–Crippen LogP) is 2.65. The lowest BCUT2D eigenvalue weighted by atomic mass is 9.83. The van der Waals surface area contributed by atoms with Gasteiger partial charge in [-0.25, -0.2) is 4.39 Å². The van der Waals surface area contributed by atoms with Crippen LogP contribution in [0.5, 0.6) is 5.75 Å². The van der Waals surface area contributed by atoms with Gasteiger partial charge in [-0.3, -0.25) is 19.2 Å². The zero-order chi connectivity index (χ0) is 31.2. The number of quaternary nitrogens is 1. The zero-order valence-electron chi connectivity index (χ0n) is 25.6. The molecule has 5 rings (SSSR count). The Morgan fingerprint density at radius 1 is 0.977 bits per heavy atom. The van der Waals surface area contributed by atoms with Crippen molar-refractivity contribution in [3.63, 3.8) is 0 Å². The van der Waals surface area contributed by atoms with Crippen LogP contribution in [0.15, 0.2) is 36.4 Å². The van der Waals surface area contributed by atoms with Gasteiger partial charge in [0, 0.05) is 49.8 Å². The minimum atomic E-state index is -0.924. The van der Waals surface area contributed by atoms with E-state index in [-0.39, 0.29) is 54.7 Å². The summed E-state index contributed by atoms with van der Waals surface area (Å²) in [7, 11) is 0. The van der Waals surface area contributed by atoms with Crippen molar-refractivity contribution in [2.75, 3.05) is 44.6 Å². The van der Waals surface area contributed by atoms with Crippen molar-refractivity contribution in [3.05, 3.63) is 58.9 Å². The molecule has 1 unspecified atom stereocenters. The highest BCUT2D eigenvalue weighted by molar-refractivity contribution is 6.00. The van der Waals surface area contributed by atoms with Crippen LogP contribution in [0, 0.1) is 5.82 Å². The van der Waals surface area contributed by atoms with Crippen molar-refractivity contribution in [1.29, 1.82) is 0 Å². The molecule has 44 heavy (non-hydrogen) atoms. The molecule has 1 saturated carbocycles. The van der Waals surface area contributed by atoms with Crippen molar-refractivity contribution in [2.45, 2.75) is 70.4 Å². The predicted molar refractivity (Wildman–Crippen MR) is 163 cm³/mol. The van der Waals surface area contributed by atoms with Crippen LogP contribution in [-0.4, -0.2) is 84.8 Å². The fraction of sp³-hybridized carbons (Fsp3) is 0.515. The number of nitrogens with two attached hydrogens (primary N) is 1. The first-order valence-electron chi connectivity index (χ1n) is 15.8. The number of amides is 4. The van der Waals surface area contributed by atoms with Gasteiger partial charge >= 0.3 is 0 Å². The monoisotopic (exact) mass is 608 g/mol. The molecule has 0 spiro atoms. The molecule has 0 radical (unpaired) electrons. The van der Waals surface area contributed by atoms with Crippen LogP contribution in [-0.2, 0) is 9.59 Å². The van der Waals surface area contributed by atoms with Gasteiger partial charge in [0.2, 0.25) is 11.8 Å². The van der Waals surface area contributed by atoms with Crippen LogP contribution in [0.2, 0.25) is 0 Å². The van der Waals surface area contributed by atoms with Gasteiger partial charge < -0.3 is 30.5 Å². The maximum atomic E-state index is 14.3. The van der Waals surface area contributed by atoms with E-state index in [1.165, 1.54) is 29.2 Å². The maximum Gasteiger partial charge on any atom is 0.254 e. The van der Waals surface area contributed by atoms with Crippen LogP contribution < -0.4 is 20.7 Å². The second-order valence-corrected chi connectivity index (χ2v) is 12.0. The minimum absolute atomic E-state index is 0.0444. The summed E-state index contributed by atoms with van der Waals surface area (Å²) in [6.07, 6.45) is 6.75. The Morgan fingerprint density at radius 2 is 1.77 bits per heavy atom. The van der Waals surface area contributed by atoms with E-state index in [9.17, 15) is 23.6 Å². The van der Waals surface area contributed by atoms with Crippen molar-refractivity contribution < 1.29 is 33.6 Å². The summed E-state index contributed by atoms with van der Waals surface area (Å²) in [6, 6.07) is 8.37. The van der Waals surface area contributed by atoms with Crippen LogP contribution in [0.3, 0.4) is 0 Å². The molecule has 2 aromatic carbocycles. The molecule has 2 heterocycles. The van der Waals surface area contributed by atoms with E-state index in [1.807, 2.05) is 12.1 Å². The number of carbonyl (C=O) groups excluding carboxylic acids is 4. The van der Waals surface area contributed by atoms with E-state index in [1.54, 1.807) is 13.0 Å². The zero-order valence-corrected chi connectivity index (χ0v) is 25.6. The van der Waals surface area contributed by atoms with E-state index in [2.05, 4.69) is 16.0 Å². The number of hydrogen-bond acceptors (Lipinski definition) is 5. The number of piperazine rings is 1. The highest BCUT2D eigenvalue weighted by atomic mass is 19.1. The molecule has 11 heteroatoms. The van der Waals surface area contributed by atoms with Gasteiger partial charge in [0.25, 0.3) is 11.8 Å². The Bertz CT molecular complexity index is 1390. The second-order valence-electron chi connectivity index (χ2n) is 12.0. The molecule has 2 aromatic rings. The topological polar surface area (TPSA) is 125 Å². The molecule has 10 nitrogen and oxygen atoms in total. The number of hydrogen-bond donors (Lipinski definition) is 3. The molecule has 236 valence electrons. The van der Waals surface area contributed by atoms with Gasteiger partial charge in [0.15, 0.2) is 6.10 Å². The Labute approximate surface area is 257 Å². The number of ether oxygens (including phenoxy) is 1.